The van der Waals surface area contributed by atoms with Crippen molar-refractivity contribution in [3.8, 4) is 34.5 Å². The van der Waals surface area contributed by atoms with Gasteiger partial charge in [-0.15, -0.1) is 0 Å². The van der Waals surface area contributed by atoms with Gasteiger partial charge < -0.3 is 29.5 Å². The Morgan fingerprint density at radius 2 is 1.21 bits per heavy atom. The molecule has 0 spiro atoms. The summed E-state index contributed by atoms with van der Waals surface area (Å²) >= 11 is 0. The number of rotatable bonds is 20. The number of ketones is 2. The van der Waals surface area contributed by atoms with Crippen molar-refractivity contribution in [1.29, 1.82) is 0 Å². The van der Waals surface area contributed by atoms with E-state index in [0.29, 0.717) is 28.4 Å². The van der Waals surface area contributed by atoms with Crippen LogP contribution in [0.5, 0.6) is 34.5 Å². The molecule has 0 radical (unpaired) electrons. The maximum absolute atomic E-state index is 11.9. The lowest BCUT2D eigenvalue weighted by molar-refractivity contribution is -0.121. The predicted molar refractivity (Wildman–Crippen MR) is 236 cm³/mol. The molecule has 3 N–H and O–H groups in total. The van der Waals surface area contributed by atoms with E-state index in [0.717, 1.165) is 59.5 Å². The van der Waals surface area contributed by atoms with Crippen LogP contribution in [0.15, 0.2) is 48.6 Å². The Morgan fingerprint density at radius 3 is 1.69 bits per heavy atom. The Labute approximate surface area is 348 Å². The number of aromatic hydroxyl groups is 3. The van der Waals surface area contributed by atoms with E-state index in [-0.39, 0.29) is 35.1 Å². The highest BCUT2D eigenvalue weighted by molar-refractivity contribution is 6.10. The minimum Gasteiger partial charge on any atom is -0.507 e. The molecule has 8 nitrogen and oxygen atoms in total. The number of hydrogen-bond acceptors (Lipinski definition) is 8. The Balaban J connectivity index is 0.000000313. The summed E-state index contributed by atoms with van der Waals surface area (Å²) in [6.07, 6.45) is 19.5. The Bertz CT molecular complexity index is 1800. The number of phenols is 3. The smallest absolute Gasteiger partial charge is 0.163 e. The molecule has 0 unspecified atom stereocenters. The topological polar surface area (TPSA) is 123 Å². The molecule has 0 bridgehead atoms. The molecule has 0 saturated heterocycles. The van der Waals surface area contributed by atoms with E-state index in [1.54, 1.807) is 36.4 Å². The van der Waals surface area contributed by atoms with Crippen molar-refractivity contribution in [2.45, 2.75) is 138 Å². The van der Waals surface area contributed by atoms with Crippen molar-refractivity contribution >= 4 is 23.7 Å². The van der Waals surface area contributed by atoms with E-state index in [4.69, 9.17) is 14.2 Å². The number of methoxy groups -OCH3 is 2. The SMILES string of the molecule is COc1cc(/C=C/C(=O)CC(=O)/C=C/c2ccc(O)c(OC)c2)ccc1O.Cc1c(C)c2c(c(C)c1O)CC[C@@](C)(CCC[C@H](C)CCC[C@H](C)CCCC(C)C)O2. The number of benzene rings is 3. The van der Waals surface area contributed by atoms with Crippen LogP contribution in [0.3, 0.4) is 0 Å². The van der Waals surface area contributed by atoms with E-state index >= 15 is 0 Å². The molecule has 0 aromatic heterocycles. The lowest BCUT2D eigenvalue weighted by atomic mass is 9.84. The van der Waals surface area contributed by atoms with Gasteiger partial charge in [-0.1, -0.05) is 96.9 Å². The molecule has 1 heterocycles. The fraction of sp³-hybridized carbons (Fsp3) is 0.520. The van der Waals surface area contributed by atoms with Gasteiger partial charge >= 0.3 is 0 Å². The zero-order valence-electron chi connectivity index (χ0n) is 36.9. The van der Waals surface area contributed by atoms with Crippen molar-refractivity contribution in [2.24, 2.45) is 17.8 Å². The van der Waals surface area contributed by atoms with Crippen molar-refractivity contribution < 1.29 is 39.1 Å². The zero-order valence-corrected chi connectivity index (χ0v) is 36.9. The van der Waals surface area contributed by atoms with Crippen LogP contribution in [0.2, 0.25) is 0 Å². The van der Waals surface area contributed by atoms with Gasteiger partial charge in [0.25, 0.3) is 0 Å². The van der Waals surface area contributed by atoms with Crippen molar-refractivity contribution in [3.05, 3.63) is 81.9 Å². The van der Waals surface area contributed by atoms with Gasteiger partial charge in [-0.2, -0.15) is 0 Å². The van der Waals surface area contributed by atoms with Gasteiger partial charge in [0.2, 0.25) is 0 Å². The number of carbonyl (C=O) groups excluding carboxylic acids is 2. The second-order valence-electron chi connectivity index (χ2n) is 17.1. The van der Waals surface area contributed by atoms with Crippen LogP contribution in [-0.4, -0.2) is 46.7 Å². The molecule has 3 atom stereocenters. The molecule has 1 aliphatic rings. The van der Waals surface area contributed by atoms with Crippen molar-refractivity contribution in [1.82, 2.24) is 0 Å². The summed E-state index contributed by atoms with van der Waals surface area (Å²) in [7, 11) is 2.87. The average molecular weight is 799 g/mol. The third-order valence-electron chi connectivity index (χ3n) is 11.5. The summed E-state index contributed by atoms with van der Waals surface area (Å²) in [5.74, 6) is 3.95. The normalized spacial score (nSPS) is 16.1. The van der Waals surface area contributed by atoms with Gasteiger partial charge in [0, 0.05) is 5.56 Å². The van der Waals surface area contributed by atoms with E-state index in [9.17, 15) is 24.9 Å². The number of carbonyl (C=O) groups is 2. The van der Waals surface area contributed by atoms with Crippen molar-refractivity contribution in [3.63, 3.8) is 0 Å². The molecule has 0 fully saturated rings. The molecule has 1 aliphatic heterocycles. The third-order valence-corrected chi connectivity index (χ3v) is 11.5. The molecular formula is C50H70O8. The Kier molecular flexibility index (Phi) is 18.9. The second kappa shape index (κ2) is 23.0. The molecule has 4 rings (SSSR count). The molecule has 58 heavy (non-hydrogen) atoms. The highest BCUT2D eigenvalue weighted by Crippen LogP contribution is 2.44. The largest absolute Gasteiger partial charge is 0.507 e. The molecule has 0 saturated carbocycles. The molecule has 318 valence electrons. The van der Waals surface area contributed by atoms with Crippen LogP contribution in [-0.2, 0) is 16.0 Å². The fourth-order valence-electron chi connectivity index (χ4n) is 7.54. The number of fused-ring (bicyclic) bond motifs is 1. The zero-order chi connectivity index (χ0) is 43.0. The maximum Gasteiger partial charge on any atom is 0.163 e. The monoisotopic (exact) mass is 799 g/mol. The van der Waals surface area contributed by atoms with Crippen LogP contribution < -0.4 is 14.2 Å². The third kappa shape index (κ3) is 14.9. The average Bonchev–Trinajstić information content (AvgIpc) is 3.18. The summed E-state index contributed by atoms with van der Waals surface area (Å²) < 4.78 is 16.6. The van der Waals surface area contributed by atoms with Crippen molar-refractivity contribution in [2.75, 3.05) is 14.2 Å². The van der Waals surface area contributed by atoms with Gasteiger partial charge in [0.1, 0.15) is 17.1 Å². The predicted octanol–water partition coefficient (Wildman–Crippen LogP) is 12.2. The minimum absolute atomic E-state index is 0.00662. The quantitative estimate of drug-likeness (QED) is 0.0763. The number of phenolic OH excluding ortho intramolecular Hbond substituents is 3. The first kappa shape index (κ1) is 47.7. The summed E-state index contributed by atoms with van der Waals surface area (Å²) in [5.41, 5.74) is 5.56. The summed E-state index contributed by atoms with van der Waals surface area (Å²) in [6.45, 7) is 17.9. The van der Waals surface area contributed by atoms with E-state index in [1.165, 1.54) is 95.4 Å². The summed E-state index contributed by atoms with van der Waals surface area (Å²) in [6, 6.07) is 9.34. The van der Waals surface area contributed by atoms with Crippen LogP contribution in [0.1, 0.15) is 139 Å². The lowest BCUT2D eigenvalue weighted by Gasteiger charge is -2.38. The van der Waals surface area contributed by atoms with E-state index in [1.807, 2.05) is 13.8 Å². The van der Waals surface area contributed by atoms with Crippen LogP contribution in [0, 0.1) is 38.5 Å². The number of hydrogen-bond donors (Lipinski definition) is 3. The first-order valence-corrected chi connectivity index (χ1v) is 21.1. The molecule has 8 heteroatoms. The number of ether oxygens (including phenoxy) is 3. The van der Waals surface area contributed by atoms with Gasteiger partial charge in [-0.05, 0) is 135 Å². The highest BCUT2D eigenvalue weighted by Gasteiger charge is 2.34. The van der Waals surface area contributed by atoms with Crippen LogP contribution in [0.25, 0.3) is 12.2 Å². The maximum atomic E-state index is 11.9. The molecular weight excluding hydrogens is 729 g/mol. The summed E-state index contributed by atoms with van der Waals surface area (Å²) in [5, 5.41) is 29.5. The summed E-state index contributed by atoms with van der Waals surface area (Å²) in [4.78, 5) is 23.9. The van der Waals surface area contributed by atoms with Crippen LogP contribution >= 0.6 is 0 Å². The minimum atomic E-state index is -0.347. The molecule has 3 aromatic rings. The second-order valence-corrected chi connectivity index (χ2v) is 17.1. The Hall–Kier alpha value is -4.72. The first-order chi connectivity index (χ1) is 27.5. The highest BCUT2D eigenvalue weighted by atomic mass is 16.5. The standard InChI is InChI=1S/C29H50O2.C21H20O6/c1-20(2)12-9-13-21(3)14-10-15-22(4)16-11-18-29(8)19-17-26-25(7)27(30)23(5)24(6)28(26)31-29;1-26-20-11-14(5-9-18(20)24)3-7-16(22)13-17(23)8-4-15-6-10-19(25)21(12-15)27-2/h20-22,30H,9-19H2,1-8H3;3-12,24-25H,13H2,1-2H3/b;7-3+,8-4+/t21-,22-,29-;/m1./s1. The van der Waals surface area contributed by atoms with Crippen LogP contribution in [0.4, 0.5) is 0 Å². The van der Waals surface area contributed by atoms with E-state index < -0.39 is 0 Å². The molecule has 3 aromatic carbocycles. The fourth-order valence-corrected chi connectivity index (χ4v) is 7.54. The van der Waals surface area contributed by atoms with Gasteiger partial charge in [0.15, 0.2) is 34.6 Å². The lowest BCUT2D eigenvalue weighted by Crippen LogP contribution is -2.37. The molecule has 0 aliphatic carbocycles. The molecule has 0 amide bonds. The Morgan fingerprint density at radius 1 is 0.724 bits per heavy atom. The van der Waals surface area contributed by atoms with Gasteiger partial charge in [-0.3, -0.25) is 9.59 Å². The van der Waals surface area contributed by atoms with Gasteiger partial charge in [-0.25, -0.2) is 0 Å². The van der Waals surface area contributed by atoms with E-state index in [2.05, 4.69) is 41.5 Å². The number of allylic oxidation sites excluding steroid dienone is 2. The first-order valence-electron chi connectivity index (χ1n) is 21.1. The van der Waals surface area contributed by atoms with Gasteiger partial charge in [0.05, 0.1) is 20.6 Å².